The molecule has 7 heteroatoms. The van der Waals surface area contributed by atoms with E-state index in [0.29, 0.717) is 0 Å². The van der Waals surface area contributed by atoms with Gasteiger partial charge in [-0.2, -0.15) is 8.42 Å². The Hall–Kier alpha value is -0.290. The van der Waals surface area contributed by atoms with E-state index in [0.717, 1.165) is 6.08 Å². The molecular weight excluding hydrogens is 283 g/mol. The second kappa shape index (κ2) is 4.70. The molecule has 0 spiro atoms. The molecule has 1 rings (SSSR count). The maximum Gasteiger partial charge on any atom is 0.253 e. The van der Waals surface area contributed by atoms with Crippen molar-refractivity contribution in [1.29, 1.82) is 0 Å². The summed E-state index contributed by atoms with van der Waals surface area (Å²) in [6, 6.07) is 0. The van der Waals surface area contributed by atoms with E-state index in [1.807, 2.05) is 0 Å². The van der Waals surface area contributed by atoms with E-state index in [9.17, 15) is 13.2 Å². The van der Waals surface area contributed by atoms with Gasteiger partial charge in [0, 0.05) is 11.0 Å². The number of hydrogen-bond donors (Lipinski definition) is 0. The molecule has 0 aromatic rings. The summed E-state index contributed by atoms with van der Waals surface area (Å²) < 4.78 is 21.6. The third-order valence-electron chi connectivity index (χ3n) is 1.94. The van der Waals surface area contributed by atoms with Crippen LogP contribution in [0.2, 0.25) is 0 Å². The van der Waals surface area contributed by atoms with Crippen molar-refractivity contribution in [3.8, 4) is 0 Å². The summed E-state index contributed by atoms with van der Waals surface area (Å²) in [6.07, 6.45) is 1.14. The third-order valence-corrected chi connectivity index (χ3v) is 4.02. The number of hydrogen-bond acceptors (Lipinski definition) is 3. The minimum atomic E-state index is -2.45. The fourth-order valence-corrected chi connectivity index (χ4v) is 2.52. The van der Waals surface area contributed by atoms with Crippen LogP contribution in [0.5, 0.6) is 0 Å². The molecule has 0 aromatic heterocycles. The van der Waals surface area contributed by atoms with E-state index in [1.165, 1.54) is 0 Å². The van der Waals surface area contributed by atoms with Crippen LogP contribution in [0.25, 0.3) is 0 Å². The Balaban J connectivity index is 3.50. The van der Waals surface area contributed by atoms with Crippen LogP contribution in [-0.2, 0) is 15.1 Å². The van der Waals surface area contributed by atoms with Crippen LogP contribution in [0, 0.1) is 5.92 Å². The minimum absolute atomic E-state index is 0.00151. The number of halogens is 3. The molecular formula is C8H5Cl3O3S. The molecule has 0 heterocycles. The molecule has 82 valence electrons. The number of carbonyl (C=O) groups excluding carboxylic acids is 1. The molecule has 0 aromatic carbocycles. The van der Waals surface area contributed by atoms with Gasteiger partial charge in [0.1, 0.15) is 0 Å². The lowest BCUT2D eigenvalue weighted by molar-refractivity contribution is -0.108. The lowest BCUT2D eigenvalue weighted by Gasteiger charge is -2.17. The van der Waals surface area contributed by atoms with Gasteiger partial charge in [-0.1, -0.05) is 30.1 Å². The van der Waals surface area contributed by atoms with Crippen LogP contribution in [0.15, 0.2) is 21.7 Å². The fourth-order valence-electron chi connectivity index (χ4n) is 1.11. The van der Waals surface area contributed by atoms with Crippen LogP contribution in [0.3, 0.4) is 0 Å². The Kier molecular flexibility index (Phi) is 4.00. The molecule has 1 unspecified atom stereocenters. The first-order valence-corrected chi connectivity index (χ1v) is 6.00. The molecule has 1 aliphatic rings. The van der Waals surface area contributed by atoms with Crippen molar-refractivity contribution in [2.24, 2.45) is 5.92 Å². The van der Waals surface area contributed by atoms with Crippen molar-refractivity contribution < 1.29 is 13.2 Å². The molecule has 3 nitrogen and oxygen atoms in total. The van der Waals surface area contributed by atoms with Gasteiger partial charge in [-0.05, 0) is 17.7 Å². The second-order valence-electron chi connectivity index (χ2n) is 2.85. The van der Waals surface area contributed by atoms with Crippen LogP contribution in [0.1, 0.15) is 6.92 Å². The van der Waals surface area contributed by atoms with E-state index in [1.54, 1.807) is 6.92 Å². The van der Waals surface area contributed by atoms with E-state index in [-0.39, 0.29) is 20.5 Å². The smallest absolute Gasteiger partial charge is 0.253 e. The van der Waals surface area contributed by atoms with E-state index in [2.05, 4.69) is 0 Å². The highest BCUT2D eigenvalue weighted by Crippen LogP contribution is 2.34. The van der Waals surface area contributed by atoms with Crippen LogP contribution < -0.4 is 0 Å². The summed E-state index contributed by atoms with van der Waals surface area (Å²) in [6.45, 7) is 1.57. The fraction of sp³-hybridized carbons (Fsp3) is 0.250. The van der Waals surface area contributed by atoms with Gasteiger partial charge in [0.2, 0.25) is 10.3 Å². The predicted octanol–water partition coefficient (Wildman–Crippen LogP) is 2.07. The molecule has 0 bridgehead atoms. The molecule has 1 atom stereocenters. The van der Waals surface area contributed by atoms with Crippen LogP contribution in [0.4, 0.5) is 0 Å². The van der Waals surface area contributed by atoms with E-state index < -0.39 is 21.5 Å². The summed E-state index contributed by atoms with van der Waals surface area (Å²) >= 11 is 16.8. The Morgan fingerprint density at radius 1 is 1.40 bits per heavy atom. The van der Waals surface area contributed by atoms with Crippen molar-refractivity contribution >= 4 is 55.2 Å². The molecule has 0 aliphatic heterocycles. The van der Waals surface area contributed by atoms with Crippen molar-refractivity contribution in [3.05, 3.63) is 21.7 Å². The summed E-state index contributed by atoms with van der Waals surface area (Å²) in [7, 11) is -2.45. The highest BCUT2D eigenvalue weighted by Gasteiger charge is 2.27. The number of carbonyl (C=O) groups is 1. The maximum absolute atomic E-state index is 10.9. The maximum atomic E-state index is 10.9. The van der Waals surface area contributed by atoms with Crippen molar-refractivity contribution in [2.45, 2.75) is 6.92 Å². The largest absolute Gasteiger partial charge is 0.276 e. The molecule has 0 amide bonds. The van der Waals surface area contributed by atoms with Crippen LogP contribution >= 0.6 is 34.8 Å². The zero-order valence-corrected chi connectivity index (χ0v) is 10.5. The van der Waals surface area contributed by atoms with Gasteiger partial charge in [0.05, 0.1) is 15.5 Å². The van der Waals surface area contributed by atoms with Gasteiger partial charge in [-0.15, -0.1) is 0 Å². The molecule has 15 heavy (non-hydrogen) atoms. The van der Waals surface area contributed by atoms with Gasteiger partial charge in [-0.25, -0.2) is 0 Å². The number of allylic oxidation sites excluding steroid dienone is 4. The van der Waals surface area contributed by atoms with Crippen molar-refractivity contribution in [1.82, 2.24) is 0 Å². The van der Waals surface area contributed by atoms with Gasteiger partial charge in [0.25, 0.3) is 5.24 Å². The molecule has 1 aliphatic carbocycles. The van der Waals surface area contributed by atoms with Gasteiger partial charge in [-0.3, -0.25) is 4.79 Å². The first-order valence-electron chi connectivity index (χ1n) is 3.79. The van der Waals surface area contributed by atoms with E-state index >= 15 is 0 Å². The quantitative estimate of drug-likeness (QED) is 0.548. The standard InChI is InChI=1S/C8H5Cl3O3S/c1-3-5(15(13)14)2-4(8(11)12)7(10)6(3)9/h2-3H,1H3. The highest BCUT2D eigenvalue weighted by molar-refractivity contribution is 7.73. The van der Waals surface area contributed by atoms with Crippen LogP contribution in [-0.4, -0.2) is 18.5 Å². The SMILES string of the molecule is CC1C(Cl)=C(Cl)C(C(=O)Cl)=CC1=S(=O)=O. The lowest BCUT2D eigenvalue weighted by Crippen LogP contribution is -2.18. The van der Waals surface area contributed by atoms with Crippen molar-refractivity contribution in [2.75, 3.05) is 0 Å². The molecule has 0 saturated heterocycles. The summed E-state index contributed by atoms with van der Waals surface area (Å²) in [5.74, 6) is -0.558. The van der Waals surface area contributed by atoms with Gasteiger partial charge < -0.3 is 0 Å². The minimum Gasteiger partial charge on any atom is -0.276 e. The highest BCUT2D eigenvalue weighted by atomic mass is 35.5. The normalized spacial score (nSPS) is 21.5. The van der Waals surface area contributed by atoms with Gasteiger partial charge >= 0.3 is 0 Å². The van der Waals surface area contributed by atoms with Crippen molar-refractivity contribution in [3.63, 3.8) is 0 Å². The molecule has 0 saturated carbocycles. The lowest BCUT2D eigenvalue weighted by atomic mass is 9.98. The first kappa shape index (κ1) is 12.8. The average molecular weight is 288 g/mol. The summed E-state index contributed by atoms with van der Waals surface area (Å²) in [4.78, 5) is 10.9. The molecule has 0 fully saturated rings. The Morgan fingerprint density at radius 2 is 1.93 bits per heavy atom. The first-order chi connectivity index (χ1) is 6.86. The Bertz CT molecular complexity index is 505. The monoisotopic (exact) mass is 286 g/mol. The van der Waals surface area contributed by atoms with E-state index in [4.69, 9.17) is 34.8 Å². The average Bonchev–Trinajstić information content (AvgIpc) is 2.13. The summed E-state index contributed by atoms with van der Waals surface area (Å²) in [5.41, 5.74) is -0.0966. The zero-order valence-electron chi connectivity index (χ0n) is 7.42. The summed E-state index contributed by atoms with van der Waals surface area (Å²) in [5, 5.41) is -0.742. The molecule has 0 N–H and O–H groups in total. The second-order valence-corrected chi connectivity index (χ2v) is 4.92. The Labute approximate surface area is 103 Å². The third kappa shape index (κ3) is 2.45. The topological polar surface area (TPSA) is 51.2 Å². The molecule has 0 radical (unpaired) electrons. The Morgan fingerprint density at radius 3 is 2.33 bits per heavy atom. The number of rotatable bonds is 1. The zero-order chi connectivity index (χ0) is 11.7. The van der Waals surface area contributed by atoms with Gasteiger partial charge in [0.15, 0.2) is 0 Å². The predicted molar refractivity (Wildman–Crippen MR) is 60.8 cm³/mol.